The molecule has 0 aliphatic carbocycles. The Hall–Kier alpha value is -1.13. The Morgan fingerprint density at radius 1 is 1.50 bits per heavy atom. The van der Waals surface area contributed by atoms with E-state index in [0.29, 0.717) is 6.04 Å². The Morgan fingerprint density at radius 3 is 2.85 bits per heavy atom. The number of ether oxygens (including phenoxy) is 1. The number of rotatable bonds is 5. The summed E-state index contributed by atoms with van der Waals surface area (Å²) in [6.45, 7) is 7.73. The van der Waals surface area contributed by atoms with Crippen LogP contribution in [0.5, 0.6) is 0 Å². The molecule has 3 unspecified atom stereocenters. The molecule has 0 amide bonds. The van der Waals surface area contributed by atoms with Crippen molar-refractivity contribution in [3.63, 3.8) is 0 Å². The molecule has 1 N–H and O–H groups in total. The largest absolute Gasteiger partial charge is 0.376 e. The van der Waals surface area contributed by atoms with Gasteiger partial charge in [0.1, 0.15) is 5.82 Å². The van der Waals surface area contributed by atoms with Crippen molar-refractivity contribution in [2.45, 2.75) is 45.4 Å². The number of likely N-dealkylation sites (N-methyl/N-ethyl adjacent to an activating group) is 1. The molecule has 0 saturated carbocycles. The van der Waals surface area contributed by atoms with Crippen LogP contribution in [0, 0.1) is 5.82 Å². The molecule has 0 radical (unpaired) electrons. The first-order valence-electron chi connectivity index (χ1n) is 7.42. The molecule has 4 heteroatoms. The highest BCUT2D eigenvalue weighted by atomic mass is 19.1. The topological polar surface area (TPSA) is 24.5 Å². The number of hydrogen-bond acceptors (Lipinski definition) is 3. The maximum absolute atomic E-state index is 14.3. The summed E-state index contributed by atoms with van der Waals surface area (Å²) in [4.78, 5) is 2.17. The lowest BCUT2D eigenvalue weighted by atomic mass is 10.0. The molecule has 0 bridgehead atoms. The van der Waals surface area contributed by atoms with Crippen LogP contribution in [-0.2, 0) is 4.74 Å². The van der Waals surface area contributed by atoms with Crippen LogP contribution in [-0.4, -0.2) is 32.3 Å². The van der Waals surface area contributed by atoms with E-state index in [1.54, 1.807) is 6.07 Å². The van der Waals surface area contributed by atoms with Crippen molar-refractivity contribution in [2.75, 3.05) is 25.1 Å². The maximum atomic E-state index is 14.3. The second kappa shape index (κ2) is 6.55. The molecule has 1 aliphatic rings. The number of anilines is 1. The molecule has 1 saturated heterocycles. The predicted molar refractivity (Wildman–Crippen MR) is 80.7 cm³/mol. The molecule has 1 aromatic carbocycles. The normalized spacial score (nSPS) is 23.9. The van der Waals surface area contributed by atoms with Crippen LogP contribution < -0.4 is 10.2 Å². The first-order valence-corrected chi connectivity index (χ1v) is 7.42. The van der Waals surface area contributed by atoms with Gasteiger partial charge in [0.2, 0.25) is 0 Å². The molecule has 3 nitrogen and oxygen atoms in total. The summed E-state index contributed by atoms with van der Waals surface area (Å²) in [7, 11) is 2.03. The molecular formula is C16H25FN2O. The standard InChI is InChI=1S/C16H25FN2O/c1-5-18-11(2)16-13(17)7-6-8-15(16)19(4)14-9-10-20-12(14)3/h6-8,11-12,14,18H,5,9-10H2,1-4H3. The molecular weight excluding hydrogens is 255 g/mol. The second-order valence-corrected chi connectivity index (χ2v) is 5.49. The monoisotopic (exact) mass is 280 g/mol. The smallest absolute Gasteiger partial charge is 0.130 e. The molecule has 1 fully saturated rings. The zero-order chi connectivity index (χ0) is 14.7. The Kier molecular flexibility index (Phi) is 5.00. The van der Waals surface area contributed by atoms with Crippen LogP contribution in [0.4, 0.5) is 10.1 Å². The van der Waals surface area contributed by atoms with Crippen molar-refractivity contribution >= 4 is 5.69 Å². The summed E-state index contributed by atoms with van der Waals surface area (Å²) in [6.07, 6.45) is 1.17. The zero-order valence-corrected chi connectivity index (χ0v) is 12.8. The van der Waals surface area contributed by atoms with Crippen LogP contribution >= 0.6 is 0 Å². The van der Waals surface area contributed by atoms with Gasteiger partial charge < -0.3 is 15.0 Å². The van der Waals surface area contributed by atoms with E-state index < -0.39 is 0 Å². The van der Waals surface area contributed by atoms with Crippen LogP contribution in [0.1, 0.15) is 38.8 Å². The quantitative estimate of drug-likeness (QED) is 0.897. The third-order valence-electron chi connectivity index (χ3n) is 4.19. The van der Waals surface area contributed by atoms with E-state index in [4.69, 9.17) is 4.74 Å². The third kappa shape index (κ3) is 2.96. The summed E-state index contributed by atoms with van der Waals surface area (Å²) in [5.74, 6) is -0.144. The fourth-order valence-corrected chi connectivity index (χ4v) is 3.08. The van der Waals surface area contributed by atoms with E-state index in [2.05, 4.69) is 17.1 Å². The molecule has 2 rings (SSSR count). The predicted octanol–water partition coefficient (Wildman–Crippen LogP) is 3.11. The van der Waals surface area contributed by atoms with Gasteiger partial charge in [-0.15, -0.1) is 0 Å². The van der Waals surface area contributed by atoms with Gasteiger partial charge >= 0.3 is 0 Å². The number of nitrogens with one attached hydrogen (secondary N) is 1. The molecule has 0 aromatic heterocycles. The van der Waals surface area contributed by atoms with Gasteiger partial charge in [-0.05, 0) is 38.9 Å². The average Bonchev–Trinajstić information content (AvgIpc) is 2.84. The van der Waals surface area contributed by atoms with Crippen LogP contribution in [0.15, 0.2) is 18.2 Å². The third-order valence-corrected chi connectivity index (χ3v) is 4.19. The van der Waals surface area contributed by atoms with Gasteiger partial charge in [0.25, 0.3) is 0 Å². The Morgan fingerprint density at radius 2 is 2.25 bits per heavy atom. The molecule has 112 valence electrons. The van der Waals surface area contributed by atoms with Crippen molar-refractivity contribution in [1.29, 1.82) is 0 Å². The lowest BCUT2D eigenvalue weighted by Gasteiger charge is -2.32. The van der Waals surface area contributed by atoms with Gasteiger partial charge in [-0.2, -0.15) is 0 Å². The molecule has 1 aliphatic heterocycles. The van der Waals surface area contributed by atoms with E-state index in [1.807, 2.05) is 27.0 Å². The lowest BCUT2D eigenvalue weighted by molar-refractivity contribution is 0.118. The van der Waals surface area contributed by atoms with E-state index in [1.165, 1.54) is 6.07 Å². The minimum absolute atomic E-state index is 0.00345. The fraction of sp³-hybridized carbons (Fsp3) is 0.625. The number of benzene rings is 1. The minimum atomic E-state index is -0.144. The molecule has 0 spiro atoms. The van der Waals surface area contributed by atoms with Gasteiger partial charge in [0.05, 0.1) is 12.1 Å². The lowest BCUT2D eigenvalue weighted by Crippen LogP contribution is -2.38. The molecule has 20 heavy (non-hydrogen) atoms. The Labute approximate surface area is 121 Å². The van der Waals surface area contributed by atoms with E-state index >= 15 is 0 Å². The minimum Gasteiger partial charge on any atom is -0.376 e. The molecule has 3 atom stereocenters. The average molecular weight is 280 g/mol. The summed E-state index contributed by atoms with van der Waals surface area (Å²) in [5, 5.41) is 3.30. The van der Waals surface area contributed by atoms with Crippen molar-refractivity contribution < 1.29 is 9.13 Å². The first-order chi connectivity index (χ1) is 9.56. The van der Waals surface area contributed by atoms with Crippen LogP contribution in [0.25, 0.3) is 0 Å². The SMILES string of the molecule is CCNC(C)c1c(F)cccc1N(C)C1CCOC1C. The van der Waals surface area contributed by atoms with Crippen molar-refractivity contribution in [3.8, 4) is 0 Å². The first kappa shape index (κ1) is 15.3. The van der Waals surface area contributed by atoms with Crippen LogP contribution in [0.3, 0.4) is 0 Å². The second-order valence-electron chi connectivity index (χ2n) is 5.49. The highest BCUT2D eigenvalue weighted by molar-refractivity contribution is 5.56. The maximum Gasteiger partial charge on any atom is 0.130 e. The Balaban J connectivity index is 2.33. The van der Waals surface area contributed by atoms with Gasteiger partial charge in [-0.25, -0.2) is 4.39 Å². The van der Waals surface area contributed by atoms with Gasteiger partial charge in [0.15, 0.2) is 0 Å². The van der Waals surface area contributed by atoms with E-state index in [-0.39, 0.29) is 18.0 Å². The highest BCUT2D eigenvalue weighted by Gasteiger charge is 2.30. The van der Waals surface area contributed by atoms with Gasteiger partial charge in [-0.1, -0.05) is 13.0 Å². The van der Waals surface area contributed by atoms with Gasteiger partial charge in [0, 0.05) is 30.9 Å². The molecule has 1 aromatic rings. The van der Waals surface area contributed by atoms with Crippen molar-refractivity contribution in [2.24, 2.45) is 0 Å². The fourth-order valence-electron chi connectivity index (χ4n) is 3.08. The molecule has 1 heterocycles. The van der Waals surface area contributed by atoms with E-state index in [9.17, 15) is 4.39 Å². The summed E-state index contributed by atoms with van der Waals surface area (Å²) >= 11 is 0. The summed E-state index contributed by atoms with van der Waals surface area (Å²) in [6, 6.07) is 5.62. The van der Waals surface area contributed by atoms with Gasteiger partial charge in [-0.3, -0.25) is 0 Å². The number of hydrogen-bond donors (Lipinski definition) is 1. The summed E-state index contributed by atoms with van der Waals surface area (Å²) in [5.41, 5.74) is 1.71. The highest BCUT2D eigenvalue weighted by Crippen LogP contribution is 2.32. The van der Waals surface area contributed by atoms with Crippen LogP contribution in [0.2, 0.25) is 0 Å². The zero-order valence-electron chi connectivity index (χ0n) is 12.8. The van der Waals surface area contributed by atoms with Crippen molar-refractivity contribution in [1.82, 2.24) is 5.32 Å². The Bertz CT molecular complexity index is 452. The summed E-state index contributed by atoms with van der Waals surface area (Å²) < 4.78 is 19.9. The number of halogens is 1. The van der Waals surface area contributed by atoms with Crippen molar-refractivity contribution in [3.05, 3.63) is 29.6 Å². The number of nitrogens with zero attached hydrogens (tertiary/aromatic N) is 1. The van der Waals surface area contributed by atoms with E-state index in [0.717, 1.165) is 30.8 Å².